The second kappa shape index (κ2) is 6.19. The molecule has 0 fully saturated rings. The monoisotopic (exact) mass is 335 g/mol. The van der Waals surface area contributed by atoms with Gasteiger partial charge in [0.1, 0.15) is 5.75 Å². The van der Waals surface area contributed by atoms with E-state index in [1.165, 1.54) is 12.1 Å². The van der Waals surface area contributed by atoms with Crippen LogP contribution in [0, 0.1) is 0 Å². The molecule has 6 heteroatoms. The van der Waals surface area contributed by atoms with Gasteiger partial charge in [0.15, 0.2) is 6.61 Å². The van der Waals surface area contributed by atoms with Crippen LogP contribution in [0.4, 0.5) is 18.9 Å². The third-order valence-electron chi connectivity index (χ3n) is 4.00. The minimum absolute atomic E-state index is 0.00000877. The molecule has 1 aliphatic rings. The van der Waals surface area contributed by atoms with Crippen LogP contribution in [0.2, 0.25) is 0 Å². The number of fused-ring (bicyclic) bond motifs is 1. The maximum atomic E-state index is 12.7. The summed E-state index contributed by atoms with van der Waals surface area (Å²) in [6.45, 7) is 1.63. The van der Waals surface area contributed by atoms with Crippen molar-refractivity contribution >= 4 is 11.6 Å². The number of alkyl halides is 3. The van der Waals surface area contributed by atoms with Crippen LogP contribution in [0.1, 0.15) is 18.1 Å². The van der Waals surface area contributed by atoms with Crippen molar-refractivity contribution in [3.05, 3.63) is 59.7 Å². The number of halogens is 3. The number of carbonyl (C=O) groups excluding carboxylic acids is 1. The molecule has 1 aliphatic heterocycles. The van der Waals surface area contributed by atoms with Gasteiger partial charge in [-0.25, -0.2) is 0 Å². The van der Waals surface area contributed by atoms with Gasteiger partial charge in [-0.1, -0.05) is 24.3 Å². The zero-order chi connectivity index (χ0) is 17.3. The number of hydrogen-bond acceptors (Lipinski definition) is 2. The summed E-state index contributed by atoms with van der Waals surface area (Å²) in [5.41, 5.74) is 1.12. The van der Waals surface area contributed by atoms with Gasteiger partial charge in [-0.15, -0.1) is 0 Å². The van der Waals surface area contributed by atoms with E-state index < -0.39 is 11.7 Å². The first-order chi connectivity index (χ1) is 11.4. The number of ether oxygens (including phenoxy) is 1. The fourth-order valence-electron chi connectivity index (χ4n) is 2.92. The molecule has 3 nitrogen and oxygen atoms in total. The average Bonchev–Trinajstić information content (AvgIpc) is 2.88. The first kappa shape index (κ1) is 16.4. The summed E-state index contributed by atoms with van der Waals surface area (Å²) in [7, 11) is 0. The molecule has 126 valence electrons. The summed E-state index contributed by atoms with van der Waals surface area (Å²) in [5.74, 6) is -0.247. The number of nitrogens with zero attached hydrogens (tertiary/aromatic N) is 1. The zero-order valence-electron chi connectivity index (χ0n) is 13.0. The molecule has 24 heavy (non-hydrogen) atoms. The Balaban J connectivity index is 1.71. The number of anilines is 1. The lowest BCUT2D eigenvalue weighted by Gasteiger charge is -2.22. The van der Waals surface area contributed by atoms with Crippen LogP contribution in [-0.4, -0.2) is 18.6 Å². The van der Waals surface area contributed by atoms with Gasteiger partial charge in [-0.2, -0.15) is 13.2 Å². The second-order valence-electron chi connectivity index (χ2n) is 5.76. The lowest BCUT2D eigenvalue weighted by atomic mass is 10.1. The number of amides is 1. The van der Waals surface area contributed by atoms with Gasteiger partial charge in [-0.3, -0.25) is 4.79 Å². The van der Waals surface area contributed by atoms with Crippen molar-refractivity contribution in [2.24, 2.45) is 0 Å². The number of para-hydroxylation sites is 1. The summed E-state index contributed by atoms with van der Waals surface area (Å²) in [4.78, 5) is 14.1. The summed E-state index contributed by atoms with van der Waals surface area (Å²) in [6, 6.07) is 12.1. The lowest BCUT2D eigenvalue weighted by molar-refractivity contribution is -0.137. The Morgan fingerprint density at radius 2 is 1.96 bits per heavy atom. The fourth-order valence-corrected chi connectivity index (χ4v) is 2.92. The van der Waals surface area contributed by atoms with E-state index in [0.29, 0.717) is 0 Å². The Morgan fingerprint density at radius 3 is 2.71 bits per heavy atom. The maximum absolute atomic E-state index is 12.7. The van der Waals surface area contributed by atoms with Gasteiger partial charge in [0, 0.05) is 11.7 Å². The van der Waals surface area contributed by atoms with E-state index in [1.807, 2.05) is 31.2 Å². The summed E-state index contributed by atoms with van der Waals surface area (Å²) < 4.78 is 43.4. The molecule has 0 saturated carbocycles. The molecule has 1 atom stereocenters. The maximum Gasteiger partial charge on any atom is 0.416 e. The van der Waals surface area contributed by atoms with Gasteiger partial charge in [-0.05, 0) is 43.2 Å². The van der Waals surface area contributed by atoms with Crippen molar-refractivity contribution < 1.29 is 22.7 Å². The highest BCUT2D eigenvalue weighted by Gasteiger charge is 2.32. The zero-order valence-corrected chi connectivity index (χ0v) is 13.0. The Labute approximate surface area is 137 Å². The molecular weight excluding hydrogens is 319 g/mol. The van der Waals surface area contributed by atoms with Crippen molar-refractivity contribution in [3.8, 4) is 5.75 Å². The molecular formula is C18H16F3NO2. The van der Waals surface area contributed by atoms with Gasteiger partial charge >= 0.3 is 6.18 Å². The van der Waals surface area contributed by atoms with E-state index in [4.69, 9.17) is 4.74 Å². The summed E-state index contributed by atoms with van der Waals surface area (Å²) in [5, 5.41) is 0. The van der Waals surface area contributed by atoms with E-state index in [2.05, 4.69) is 0 Å². The van der Waals surface area contributed by atoms with E-state index in [0.717, 1.165) is 29.8 Å². The predicted molar refractivity (Wildman–Crippen MR) is 84.0 cm³/mol. The highest BCUT2D eigenvalue weighted by atomic mass is 19.4. The van der Waals surface area contributed by atoms with E-state index in [1.54, 1.807) is 4.90 Å². The SMILES string of the molecule is C[C@H]1Cc2ccccc2N1C(=O)COc1cccc(C(F)(F)F)c1. The molecule has 0 spiro atoms. The van der Waals surface area contributed by atoms with Crippen LogP contribution < -0.4 is 9.64 Å². The number of hydrogen-bond donors (Lipinski definition) is 0. The average molecular weight is 335 g/mol. The lowest BCUT2D eigenvalue weighted by Crippen LogP contribution is -2.39. The molecule has 1 amide bonds. The van der Waals surface area contributed by atoms with Gasteiger partial charge < -0.3 is 9.64 Å². The quantitative estimate of drug-likeness (QED) is 0.846. The molecule has 2 aromatic rings. The second-order valence-corrected chi connectivity index (χ2v) is 5.76. The van der Waals surface area contributed by atoms with E-state index in [-0.39, 0.29) is 24.3 Å². The van der Waals surface area contributed by atoms with Crippen LogP contribution in [0.15, 0.2) is 48.5 Å². The summed E-state index contributed by atoms with van der Waals surface area (Å²) >= 11 is 0. The van der Waals surface area contributed by atoms with Crippen LogP contribution in [0.5, 0.6) is 5.75 Å². The van der Waals surface area contributed by atoms with E-state index >= 15 is 0 Å². The Morgan fingerprint density at radius 1 is 1.21 bits per heavy atom. The van der Waals surface area contributed by atoms with Gasteiger partial charge in [0.2, 0.25) is 0 Å². The largest absolute Gasteiger partial charge is 0.484 e. The molecule has 0 aromatic heterocycles. The first-order valence-corrected chi connectivity index (χ1v) is 7.56. The van der Waals surface area contributed by atoms with Crippen molar-refractivity contribution in [1.82, 2.24) is 0 Å². The van der Waals surface area contributed by atoms with Crippen molar-refractivity contribution in [1.29, 1.82) is 0 Å². The highest BCUT2D eigenvalue weighted by molar-refractivity contribution is 5.97. The molecule has 0 bridgehead atoms. The minimum Gasteiger partial charge on any atom is -0.484 e. The molecule has 2 aromatic carbocycles. The minimum atomic E-state index is -4.44. The smallest absolute Gasteiger partial charge is 0.416 e. The summed E-state index contributed by atoms with van der Waals surface area (Å²) in [6.07, 6.45) is -3.68. The normalized spacial score (nSPS) is 16.8. The third-order valence-corrected chi connectivity index (χ3v) is 4.00. The standard InChI is InChI=1S/C18H16F3NO2/c1-12-9-13-5-2-3-8-16(13)22(12)17(23)11-24-15-7-4-6-14(10-15)18(19,20)21/h2-8,10,12H,9,11H2,1H3/t12-/m0/s1. The van der Waals surface area contributed by atoms with Gasteiger partial charge in [0.05, 0.1) is 5.56 Å². The van der Waals surface area contributed by atoms with Crippen LogP contribution in [0.3, 0.4) is 0 Å². The third kappa shape index (κ3) is 3.22. The van der Waals surface area contributed by atoms with Gasteiger partial charge in [0.25, 0.3) is 5.91 Å². The highest BCUT2D eigenvalue weighted by Crippen LogP contribution is 2.33. The Kier molecular flexibility index (Phi) is 4.22. The first-order valence-electron chi connectivity index (χ1n) is 7.56. The molecule has 0 saturated heterocycles. The molecule has 0 aliphatic carbocycles. The molecule has 0 N–H and O–H groups in total. The predicted octanol–water partition coefficient (Wildman–Crippen LogP) is 4.06. The van der Waals surface area contributed by atoms with Crippen molar-refractivity contribution in [2.75, 3.05) is 11.5 Å². The van der Waals surface area contributed by atoms with Crippen LogP contribution in [0.25, 0.3) is 0 Å². The van der Waals surface area contributed by atoms with Crippen molar-refractivity contribution in [3.63, 3.8) is 0 Å². The Hall–Kier alpha value is -2.50. The van der Waals surface area contributed by atoms with Crippen LogP contribution >= 0.6 is 0 Å². The molecule has 0 radical (unpaired) electrons. The van der Waals surface area contributed by atoms with Crippen LogP contribution in [-0.2, 0) is 17.4 Å². The number of benzene rings is 2. The number of carbonyl (C=O) groups is 1. The number of rotatable bonds is 3. The van der Waals surface area contributed by atoms with E-state index in [9.17, 15) is 18.0 Å². The Bertz CT molecular complexity index is 758. The molecule has 3 rings (SSSR count). The fraction of sp³-hybridized carbons (Fsp3) is 0.278. The van der Waals surface area contributed by atoms with Crippen molar-refractivity contribution in [2.45, 2.75) is 25.6 Å². The molecule has 1 heterocycles. The topological polar surface area (TPSA) is 29.5 Å². The molecule has 0 unspecified atom stereocenters.